The first-order valence-electron chi connectivity index (χ1n) is 8.32. The van der Waals surface area contributed by atoms with E-state index in [1.54, 1.807) is 6.92 Å². The molecule has 0 radical (unpaired) electrons. The first-order chi connectivity index (χ1) is 12.8. The zero-order chi connectivity index (χ0) is 19.7. The molecule has 0 saturated carbocycles. The summed E-state index contributed by atoms with van der Waals surface area (Å²) in [5, 5.41) is 8.22. The van der Waals surface area contributed by atoms with Crippen LogP contribution in [0.15, 0.2) is 58.8 Å². The maximum atomic E-state index is 12.1. The number of unbranched alkanes of at least 4 members (excludes halogenated alkanes) is 1. The average Bonchev–Trinajstić information content (AvgIpc) is 2.60. The highest BCUT2D eigenvalue weighted by molar-refractivity contribution is 8.13. The molecule has 0 spiro atoms. The number of alkyl halides is 3. The van der Waals surface area contributed by atoms with Gasteiger partial charge >= 0.3 is 6.36 Å². The second-order valence-electron chi connectivity index (χ2n) is 5.71. The second kappa shape index (κ2) is 10.1. The molecule has 144 valence electrons. The van der Waals surface area contributed by atoms with Crippen molar-refractivity contribution >= 4 is 28.3 Å². The Bertz CT molecular complexity index is 760. The predicted octanol–water partition coefficient (Wildman–Crippen LogP) is 6.60. The highest BCUT2D eigenvalue weighted by Crippen LogP contribution is 2.26. The fourth-order valence-electron chi connectivity index (χ4n) is 2.21. The van der Waals surface area contributed by atoms with Gasteiger partial charge in [0.25, 0.3) is 0 Å². The smallest absolute Gasteiger partial charge is 0.406 e. The molecule has 2 aromatic rings. The van der Waals surface area contributed by atoms with Crippen molar-refractivity contribution in [2.75, 3.05) is 5.75 Å². The third kappa shape index (κ3) is 8.72. The fourth-order valence-corrected chi connectivity index (χ4v) is 2.84. The topological polar surface area (TPSA) is 51.0 Å². The Labute approximate surface area is 159 Å². The number of thioether (sulfide) groups is 1. The van der Waals surface area contributed by atoms with E-state index >= 15 is 0 Å². The number of halogens is 3. The van der Waals surface area contributed by atoms with Crippen LogP contribution in [0.5, 0.6) is 5.75 Å². The van der Waals surface area contributed by atoms with Crippen LogP contribution in [0, 0.1) is 0 Å². The van der Waals surface area contributed by atoms with Crippen LogP contribution in [0.3, 0.4) is 0 Å². The summed E-state index contributed by atoms with van der Waals surface area (Å²) in [6, 6.07) is 12.8. The minimum absolute atomic E-state index is 0.146. The van der Waals surface area contributed by atoms with E-state index in [0.29, 0.717) is 11.4 Å². The van der Waals surface area contributed by atoms with Crippen molar-refractivity contribution in [1.29, 1.82) is 0 Å². The summed E-state index contributed by atoms with van der Waals surface area (Å²) in [5.41, 5.74) is 2.26. The summed E-state index contributed by atoms with van der Waals surface area (Å²) >= 11 is 1.35. The van der Waals surface area contributed by atoms with Crippen molar-refractivity contribution in [2.45, 2.75) is 32.5 Å². The van der Waals surface area contributed by atoms with E-state index in [-0.39, 0.29) is 10.9 Å². The number of carbonyl (C=O) groups is 1. The molecule has 2 rings (SSSR count). The minimum atomic E-state index is -4.71. The van der Waals surface area contributed by atoms with E-state index in [2.05, 4.69) is 15.0 Å². The summed E-state index contributed by atoms with van der Waals surface area (Å²) in [7, 11) is 0. The quantitative estimate of drug-likeness (QED) is 0.373. The summed E-state index contributed by atoms with van der Waals surface area (Å²) in [4.78, 5) is 10.8. The van der Waals surface area contributed by atoms with Gasteiger partial charge in [-0.25, -0.2) is 0 Å². The van der Waals surface area contributed by atoms with E-state index in [1.807, 2.05) is 24.3 Å². The van der Waals surface area contributed by atoms with Crippen molar-refractivity contribution in [3.05, 3.63) is 54.1 Å². The minimum Gasteiger partial charge on any atom is -0.406 e. The van der Waals surface area contributed by atoms with Gasteiger partial charge in [0.1, 0.15) is 5.75 Å². The highest BCUT2D eigenvalue weighted by Gasteiger charge is 2.30. The zero-order valence-corrected chi connectivity index (χ0v) is 15.5. The normalized spacial score (nSPS) is 11.7. The van der Waals surface area contributed by atoms with Gasteiger partial charge < -0.3 is 4.74 Å². The lowest BCUT2D eigenvalue weighted by atomic mass is 10.1. The van der Waals surface area contributed by atoms with E-state index in [0.717, 1.165) is 25.0 Å². The van der Waals surface area contributed by atoms with E-state index < -0.39 is 6.36 Å². The Morgan fingerprint density at radius 1 is 0.963 bits per heavy atom. The number of azo groups is 1. The van der Waals surface area contributed by atoms with Crippen LogP contribution in [0.1, 0.15) is 25.3 Å². The molecule has 0 unspecified atom stereocenters. The molecule has 0 aromatic heterocycles. The fraction of sp³-hybridized carbons (Fsp3) is 0.316. The van der Waals surface area contributed by atoms with E-state index in [1.165, 1.54) is 41.6 Å². The Morgan fingerprint density at radius 3 is 2.04 bits per heavy atom. The molecule has 0 aliphatic carbocycles. The molecule has 27 heavy (non-hydrogen) atoms. The number of rotatable bonds is 8. The van der Waals surface area contributed by atoms with Gasteiger partial charge in [-0.1, -0.05) is 23.9 Å². The van der Waals surface area contributed by atoms with Crippen LogP contribution in [0.25, 0.3) is 0 Å². The molecule has 0 fully saturated rings. The maximum Gasteiger partial charge on any atom is 0.573 e. The molecule has 0 bridgehead atoms. The summed E-state index contributed by atoms with van der Waals surface area (Å²) in [6.45, 7) is 1.57. The highest BCUT2D eigenvalue weighted by atomic mass is 32.2. The van der Waals surface area contributed by atoms with Gasteiger partial charge in [0.2, 0.25) is 0 Å². The molecule has 0 atom stereocenters. The monoisotopic (exact) mass is 396 g/mol. The molecule has 0 N–H and O–H groups in total. The Balaban J connectivity index is 1.82. The Hall–Kier alpha value is -2.35. The molecule has 0 aliphatic heterocycles. The van der Waals surface area contributed by atoms with Crippen LogP contribution in [0.2, 0.25) is 0 Å². The number of aryl methyl sites for hydroxylation is 1. The first kappa shape index (κ1) is 21.0. The van der Waals surface area contributed by atoms with Gasteiger partial charge in [-0.3, -0.25) is 4.79 Å². The van der Waals surface area contributed by atoms with Gasteiger partial charge in [0.15, 0.2) is 5.12 Å². The van der Waals surface area contributed by atoms with Gasteiger partial charge in [-0.15, -0.1) is 13.2 Å². The van der Waals surface area contributed by atoms with Crippen LogP contribution in [0.4, 0.5) is 24.5 Å². The van der Waals surface area contributed by atoms with Crippen molar-refractivity contribution in [3.8, 4) is 5.75 Å². The standard InChI is InChI=1S/C19H19F3N2O2S/c1-14(25)27-13-3-2-4-15-5-7-16(8-6-15)23-24-17-9-11-18(12-10-17)26-19(20,21)22/h5-12H,2-4,13H2,1H3. The van der Waals surface area contributed by atoms with Crippen molar-refractivity contribution in [3.63, 3.8) is 0 Å². The molecule has 0 aliphatic rings. The number of nitrogens with zero attached hydrogens (tertiary/aromatic N) is 2. The Kier molecular flexibility index (Phi) is 7.84. The summed E-state index contributed by atoms with van der Waals surface area (Å²) < 4.78 is 40.1. The summed E-state index contributed by atoms with van der Waals surface area (Å²) in [6.07, 6.45) is -1.79. The van der Waals surface area contributed by atoms with Crippen molar-refractivity contribution in [1.82, 2.24) is 0 Å². The van der Waals surface area contributed by atoms with Gasteiger partial charge in [0.05, 0.1) is 11.4 Å². The molecule has 8 heteroatoms. The number of carbonyl (C=O) groups excluding carboxylic acids is 1. The molecule has 0 saturated heterocycles. The SMILES string of the molecule is CC(=O)SCCCCc1ccc(N=Nc2ccc(OC(F)(F)F)cc2)cc1. The number of hydrogen-bond donors (Lipinski definition) is 0. The lowest BCUT2D eigenvalue weighted by Gasteiger charge is -2.08. The van der Waals surface area contributed by atoms with Crippen LogP contribution >= 0.6 is 11.8 Å². The van der Waals surface area contributed by atoms with Crippen molar-refractivity contribution in [2.24, 2.45) is 10.2 Å². The third-order valence-electron chi connectivity index (χ3n) is 3.45. The summed E-state index contributed by atoms with van der Waals surface area (Å²) in [5.74, 6) is 0.543. The van der Waals surface area contributed by atoms with Crippen LogP contribution < -0.4 is 4.74 Å². The van der Waals surface area contributed by atoms with Gasteiger partial charge in [-0.2, -0.15) is 10.2 Å². The van der Waals surface area contributed by atoms with E-state index in [4.69, 9.17) is 0 Å². The lowest BCUT2D eigenvalue weighted by molar-refractivity contribution is -0.274. The number of ether oxygens (including phenoxy) is 1. The Morgan fingerprint density at radius 2 is 1.52 bits per heavy atom. The molecule has 0 amide bonds. The molecule has 4 nitrogen and oxygen atoms in total. The van der Waals surface area contributed by atoms with Gasteiger partial charge in [0, 0.05) is 12.7 Å². The molecule has 0 heterocycles. The second-order valence-corrected chi connectivity index (χ2v) is 6.98. The third-order valence-corrected chi connectivity index (χ3v) is 4.35. The van der Waals surface area contributed by atoms with Crippen LogP contribution in [-0.4, -0.2) is 17.2 Å². The first-order valence-corrected chi connectivity index (χ1v) is 9.30. The maximum absolute atomic E-state index is 12.1. The predicted molar refractivity (Wildman–Crippen MR) is 99.8 cm³/mol. The molecule has 2 aromatic carbocycles. The van der Waals surface area contributed by atoms with E-state index in [9.17, 15) is 18.0 Å². The lowest BCUT2D eigenvalue weighted by Crippen LogP contribution is -2.16. The van der Waals surface area contributed by atoms with Crippen molar-refractivity contribution < 1.29 is 22.7 Å². The zero-order valence-electron chi connectivity index (χ0n) is 14.7. The molecular weight excluding hydrogens is 377 g/mol. The average molecular weight is 396 g/mol. The molecular formula is C19H19F3N2O2S. The largest absolute Gasteiger partial charge is 0.573 e. The number of hydrogen-bond acceptors (Lipinski definition) is 5. The van der Waals surface area contributed by atoms with Gasteiger partial charge in [-0.05, 0) is 61.2 Å². The van der Waals surface area contributed by atoms with Crippen LogP contribution in [-0.2, 0) is 11.2 Å². The number of benzene rings is 2.